The molecule has 0 aliphatic rings. The van der Waals surface area contributed by atoms with Gasteiger partial charge in [-0.15, -0.1) is 0 Å². The molecule has 0 saturated carbocycles. The van der Waals surface area contributed by atoms with Crippen molar-refractivity contribution in [1.29, 1.82) is 0 Å². The molecule has 5 rings (SSSR count). The number of ether oxygens (including phenoxy) is 1. The summed E-state index contributed by atoms with van der Waals surface area (Å²) in [4.78, 5) is 21.3. The summed E-state index contributed by atoms with van der Waals surface area (Å²) in [5.41, 5.74) is 2.90. The number of aryl methyl sites for hydroxylation is 2. The molecule has 0 bridgehead atoms. The molecule has 3 aromatic heterocycles. The number of hydrogen-bond acceptors (Lipinski definition) is 6. The van der Waals surface area contributed by atoms with Crippen LogP contribution in [0.15, 0.2) is 67.1 Å². The predicted molar refractivity (Wildman–Crippen MR) is 124 cm³/mol. The number of hydrogen-bond donors (Lipinski definition) is 1. The average molecular weight is 457 g/mol. The largest absolute Gasteiger partial charge is 0.484 e. The zero-order valence-electron chi connectivity index (χ0n) is 18.4. The maximum absolute atomic E-state index is 13.3. The number of benzene rings is 2. The van der Waals surface area contributed by atoms with Gasteiger partial charge in [0.1, 0.15) is 23.7 Å². The van der Waals surface area contributed by atoms with Gasteiger partial charge in [-0.2, -0.15) is 14.9 Å². The molecular weight excluding hydrogens is 437 g/mol. The van der Waals surface area contributed by atoms with E-state index < -0.39 is 0 Å². The fraction of sp³-hybridized carbons (Fsp3) is 0.125. The van der Waals surface area contributed by atoms with Gasteiger partial charge in [-0.25, -0.2) is 19.0 Å². The van der Waals surface area contributed by atoms with Crippen LogP contribution < -0.4 is 10.1 Å². The second-order valence-corrected chi connectivity index (χ2v) is 7.70. The summed E-state index contributed by atoms with van der Waals surface area (Å²) in [7, 11) is 0. The van der Waals surface area contributed by atoms with Gasteiger partial charge in [-0.1, -0.05) is 12.1 Å². The van der Waals surface area contributed by atoms with Crippen molar-refractivity contribution in [1.82, 2.24) is 29.5 Å². The van der Waals surface area contributed by atoms with Gasteiger partial charge in [0.05, 0.1) is 23.0 Å². The summed E-state index contributed by atoms with van der Waals surface area (Å²) in [5, 5.41) is 12.3. The number of carbonyl (C=O) groups excluding carboxylic acids is 1. The van der Waals surface area contributed by atoms with Crippen molar-refractivity contribution in [3.63, 3.8) is 0 Å². The minimum Gasteiger partial charge on any atom is -0.484 e. The highest BCUT2D eigenvalue weighted by Gasteiger charge is 2.18. The molecule has 1 amide bonds. The molecule has 0 aliphatic carbocycles. The third-order valence-corrected chi connectivity index (χ3v) is 5.08. The molecule has 9 nitrogen and oxygen atoms in total. The summed E-state index contributed by atoms with van der Waals surface area (Å²) in [6.45, 7) is 3.61. The number of carbonyl (C=O) groups is 1. The predicted octanol–water partition coefficient (Wildman–Crippen LogP) is 3.77. The van der Waals surface area contributed by atoms with Crippen LogP contribution in [0.2, 0.25) is 0 Å². The lowest BCUT2D eigenvalue weighted by Crippen LogP contribution is -2.22. The van der Waals surface area contributed by atoms with E-state index in [1.165, 1.54) is 23.1 Å². The smallest absolute Gasteiger partial charge is 0.263 e. The second-order valence-electron chi connectivity index (χ2n) is 7.70. The van der Waals surface area contributed by atoms with Gasteiger partial charge < -0.3 is 10.1 Å². The van der Waals surface area contributed by atoms with Crippen LogP contribution in [0.5, 0.6) is 5.75 Å². The standard InChI is InChI=1S/C24H20FN7O2/c1-15-4-3-5-19(10-15)34-13-22(33)29-21-11-16(2)30-32(21)24-20-12-28-31(23(20)26-14-27-24)18-8-6-17(25)7-9-18/h3-12,14H,13H2,1-2H3,(H,29,33). The number of amides is 1. The number of nitrogens with one attached hydrogen (secondary N) is 1. The van der Waals surface area contributed by atoms with E-state index in [4.69, 9.17) is 4.74 Å². The molecule has 0 aliphatic heterocycles. The normalized spacial score (nSPS) is 11.0. The Bertz CT molecular complexity index is 1490. The first-order chi connectivity index (χ1) is 16.5. The number of fused-ring (bicyclic) bond motifs is 1. The molecule has 0 spiro atoms. The molecule has 170 valence electrons. The molecule has 0 fully saturated rings. The SMILES string of the molecule is Cc1cccc(OCC(=O)Nc2cc(C)nn2-c2ncnc3c2cnn3-c2ccc(F)cc2)c1. The first-order valence-electron chi connectivity index (χ1n) is 10.5. The fourth-order valence-corrected chi connectivity index (χ4v) is 3.55. The van der Waals surface area contributed by atoms with Crippen LogP contribution in [0.25, 0.3) is 22.5 Å². The molecule has 2 aromatic carbocycles. The topological polar surface area (TPSA) is 99.8 Å². The molecule has 34 heavy (non-hydrogen) atoms. The van der Waals surface area contributed by atoms with E-state index in [0.29, 0.717) is 39.8 Å². The molecule has 0 atom stereocenters. The van der Waals surface area contributed by atoms with Crippen LogP contribution in [-0.4, -0.2) is 42.0 Å². The van der Waals surface area contributed by atoms with E-state index in [-0.39, 0.29) is 18.3 Å². The summed E-state index contributed by atoms with van der Waals surface area (Å²) < 4.78 is 22.1. The Hall–Kier alpha value is -4.60. The molecule has 0 saturated heterocycles. The lowest BCUT2D eigenvalue weighted by atomic mass is 10.2. The Morgan fingerprint density at radius 1 is 1.06 bits per heavy atom. The fourth-order valence-electron chi connectivity index (χ4n) is 3.55. The van der Waals surface area contributed by atoms with E-state index in [1.807, 2.05) is 32.0 Å². The maximum atomic E-state index is 13.3. The van der Waals surface area contributed by atoms with E-state index >= 15 is 0 Å². The van der Waals surface area contributed by atoms with Gasteiger partial charge >= 0.3 is 0 Å². The Balaban J connectivity index is 1.43. The first kappa shape index (κ1) is 21.3. The lowest BCUT2D eigenvalue weighted by molar-refractivity contribution is -0.118. The molecule has 5 aromatic rings. The van der Waals surface area contributed by atoms with E-state index in [0.717, 1.165) is 5.56 Å². The lowest BCUT2D eigenvalue weighted by Gasteiger charge is -2.10. The number of aromatic nitrogens is 6. The maximum Gasteiger partial charge on any atom is 0.263 e. The van der Waals surface area contributed by atoms with Crippen molar-refractivity contribution >= 4 is 22.8 Å². The molecule has 1 N–H and O–H groups in total. The first-order valence-corrected chi connectivity index (χ1v) is 10.5. The Kier molecular flexibility index (Phi) is 5.46. The van der Waals surface area contributed by atoms with Crippen LogP contribution in [0.4, 0.5) is 10.2 Å². The van der Waals surface area contributed by atoms with Gasteiger partial charge in [-0.3, -0.25) is 4.79 Å². The highest BCUT2D eigenvalue weighted by atomic mass is 19.1. The molecular formula is C24H20FN7O2. The summed E-state index contributed by atoms with van der Waals surface area (Å²) in [6, 6.07) is 15.2. The van der Waals surface area contributed by atoms with Gasteiger partial charge in [0, 0.05) is 6.07 Å². The Labute approximate surface area is 193 Å². The van der Waals surface area contributed by atoms with Gasteiger partial charge in [0.2, 0.25) is 0 Å². The van der Waals surface area contributed by atoms with Crippen LogP contribution >= 0.6 is 0 Å². The zero-order valence-corrected chi connectivity index (χ0v) is 18.4. The number of nitrogens with zero attached hydrogens (tertiary/aromatic N) is 6. The van der Waals surface area contributed by atoms with Crippen molar-refractivity contribution in [3.8, 4) is 17.3 Å². The second kappa shape index (κ2) is 8.74. The summed E-state index contributed by atoms with van der Waals surface area (Å²) in [5.74, 6) is 0.820. The Morgan fingerprint density at radius 3 is 2.68 bits per heavy atom. The van der Waals surface area contributed by atoms with Crippen LogP contribution in [0, 0.1) is 19.7 Å². The van der Waals surface area contributed by atoms with Gasteiger partial charge in [0.15, 0.2) is 18.1 Å². The molecule has 3 heterocycles. The Morgan fingerprint density at radius 2 is 1.88 bits per heavy atom. The van der Waals surface area contributed by atoms with E-state index in [2.05, 4.69) is 25.5 Å². The highest BCUT2D eigenvalue weighted by Crippen LogP contribution is 2.24. The van der Waals surface area contributed by atoms with E-state index in [1.54, 1.807) is 35.1 Å². The van der Waals surface area contributed by atoms with Gasteiger partial charge in [-0.05, 0) is 55.8 Å². The highest BCUT2D eigenvalue weighted by molar-refractivity contribution is 5.92. The third-order valence-electron chi connectivity index (χ3n) is 5.08. The van der Waals surface area contributed by atoms with Crippen LogP contribution in [0.1, 0.15) is 11.3 Å². The van der Waals surface area contributed by atoms with Crippen LogP contribution in [0.3, 0.4) is 0 Å². The number of anilines is 1. The number of halogens is 1. The van der Waals surface area contributed by atoms with Crippen molar-refractivity contribution in [2.75, 3.05) is 11.9 Å². The molecule has 0 radical (unpaired) electrons. The monoisotopic (exact) mass is 457 g/mol. The molecule has 10 heteroatoms. The van der Waals surface area contributed by atoms with Crippen molar-refractivity contribution in [3.05, 3.63) is 84.2 Å². The van der Waals surface area contributed by atoms with Gasteiger partial charge in [0.25, 0.3) is 5.91 Å². The van der Waals surface area contributed by atoms with Crippen molar-refractivity contribution < 1.29 is 13.9 Å². The third kappa shape index (κ3) is 4.20. The average Bonchev–Trinajstić information content (AvgIpc) is 3.41. The number of rotatable bonds is 6. The molecule has 0 unspecified atom stereocenters. The summed E-state index contributed by atoms with van der Waals surface area (Å²) in [6.07, 6.45) is 3.00. The quantitative estimate of drug-likeness (QED) is 0.417. The van der Waals surface area contributed by atoms with Crippen molar-refractivity contribution in [2.24, 2.45) is 0 Å². The minimum absolute atomic E-state index is 0.157. The zero-order chi connectivity index (χ0) is 23.7. The van der Waals surface area contributed by atoms with Crippen molar-refractivity contribution in [2.45, 2.75) is 13.8 Å². The van der Waals surface area contributed by atoms with Crippen LogP contribution in [-0.2, 0) is 4.79 Å². The van der Waals surface area contributed by atoms with E-state index in [9.17, 15) is 9.18 Å². The summed E-state index contributed by atoms with van der Waals surface area (Å²) >= 11 is 0. The minimum atomic E-state index is -0.339.